The molecule has 1 aliphatic rings. The minimum atomic E-state index is -0.946. The van der Waals surface area contributed by atoms with E-state index in [0.717, 1.165) is 22.3 Å². The first-order chi connectivity index (χ1) is 14.5. The Hall–Kier alpha value is -3.35. The predicted molar refractivity (Wildman–Crippen MR) is 112 cm³/mol. The summed E-state index contributed by atoms with van der Waals surface area (Å²) in [5.74, 6) is -1.16. The SMILES string of the molecule is CCN(CCC(=O)O)C(=O)CCNC(=O)OCC1c2ccccc2-c2ccccc21. The molecule has 1 aliphatic carbocycles. The van der Waals surface area contributed by atoms with Crippen LogP contribution < -0.4 is 5.32 Å². The Labute approximate surface area is 175 Å². The van der Waals surface area contributed by atoms with Gasteiger partial charge in [-0.3, -0.25) is 9.59 Å². The van der Waals surface area contributed by atoms with E-state index < -0.39 is 12.1 Å². The molecular weight excluding hydrogens is 384 g/mol. The van der Waals surface area contributed by atoms with E-state index in [4.69, 9.17) is 9.84 Å². The average molecular weight is 410 g/mol. The Bertz CT molecular complexity index is 882. The third kappa shape index (κ3) is 4.97. The van der Waals surface area contributed by atoms with Gasteiger partial charge >= 0.3 is 12.1 Å². The van der Waals surface area contributed by atoms with Gasteiger partial charge < -0.3 is 20.1 Å². The molecule has 0 bridgehead atoms. The number of carbonyl (C=O) groups excluding carboxylic acids is 2. The number of carboxylic acids is 1. The fraction of sp³-hybridized carbons (Fsp3) is 0.348. The van der Waals surface area contributed by atoms with Crippen molar-refractivity contribution in [2.75, 3.05) is 26.2 Å². The second kappa shape index (κ2) is 9.91. The van der Waals surface area contributed by atoms with Crippen molar-refractivity contribution in [3.05, 3.63) is 59.7 Å². The molecule has 2 aromatic rings. The summed E-state index contributed by atoms with van der Waals surface area (Å²) in [6.45, 7) is 2.73. The molecule has 0 aliphatic heterocycles. The van der Waals surface area contributed by atoms with Gasteiger partial charge in [-0.1, -0.05) is 48.5 Å². The molecule has 2 amide bonds. The number of hydrogen-bond acceptors (Lipinski definition) is 4. The number of carbonyl (C=O) groups is 3. The fourth-order valence-electron chi connectivity index (χ4n) is 3.77. The average Bonchev–Trinajstić information content (AvgIpc) is 3.06. The van der Waals surface area contributed by atoms with Crippen molar-refractivity contribution in [2.45, 2.75) is 25.7 Å². The van der Waals surface area contributed by atoms with Crippen LogP contribution in [0.15, 0.2) is 48.5 Å². The van der Waals surface area contributed by atoms with E-state index >= 15 is 0 Å². The van der Waals surface area contributed by atoms with Gasteiger partial charge in [0.15, 0.2) is 0 Å². The van der Waals surface area contributed by atoms with E-state index in [9.17, 15) is 14.4 Å². The number of ether oxygens (including phenoxy) is 1. The second-order valence-corrected chi connectivity index (χ2v) is 7.12. The van der Waals surface area contributed by atoms with Crippen molar-refractivity contribution in [2.24, 2.45) is 0 Å². The lowest BCUT2D eigenvalue weighted by atomic mass is 9.98. The van der Waals surface area contributed by atoms with Crippen molar-refractivity contribution in [3.8, 4) is 11.1 Å². The Balaban J connectivity index is 1.48. The van der Waals surface area contributed by atoms with Gasteiger partial charge in [-0.2, -0.15) is 0 Å². The highest BCUT2D eigenvalue weighted by molar-refractivity contribution is 5.79. The number of benzene rings is 2. The van der Waals surface area contributed by atoms with Crippen LogP contribution in [0.25, 0.3) is 11.1 Å². The lowest BCUT2D eigenvalue weighted by Crippen LogP contribution is -2.36. The van der Waals surface area contributed by atoms with E-state index in [1.807, 2.05) is 24.3 Å². The summed E-state index contributed by atoms with van der Waals surface area (Å²) in [6, 6.07) is 16.2. The maximum absolute atomic E-state index is 12.2. The third-order valence-electron chi connectivity index (χ3n) is 5.28. The minimum Gasteiger partial charge on any atom is -0.481 e. The van der Waals surface area contributed by atoms with Gasteiger partial charge in [0.05, 0.1) is 6.42 Å². The van der Waals surface area contributed by atoms with E-state index in [1.54, 1.807) is 6.92 Å². The summed E-state index contributed by atoms with van der Waals surface area (Å²) < 4.78 is 5.43. The smallest absolute Gasteiger partial charge is 0.407 e. The summed E-state index contributed by atoms with van der Waals surface area (Å²) in [4.78, 5) is 36.4. The molecule has 0 atom stereocenters. The van der Waals surface area contributed by atoms with Gasteiger partial charge in [0.2, 0.25) is 5.91 Å². The summed E-state index contributed by atoms with van der Waals surface area (Å²) in [5, 5.41) is 11.4. The largest absolute Gasteiger partial charge is 0.481 e. The number of carboxylic acid groups (broad SMARTS) is 1. The zero-order valence-corrected chi connectivity index (χ0v) is 17.0. The number of aliphatic carboxylic acids is 1. The maximum Gasteiger partial charge on any atom is 0.407 e. The fourth-order valence-corrected chi connectivity index (χ4v) is 3.77. The molecule has 0 spiro atoms. The highest BCUT2D eigenvalue weighted by Crippen LogP contribution is 2.44. The van der Waals surface area contributed by atoms with Crippen LogP contribution >= 0.6 is 0 Å². The number of nitrogens with zero attached hydrogens (tertiary/aromatic N) is 1. The monoisotopic (exact) mass is 410 g/mol. The van der Waals surface area contributed by atoms with E-state index in [1.165, 1.54) is 4.90 Å². The summed E-state index contributed by atoms with van der Waals surface area (Å²) in [6.07, 6.45) is -0.574. The van der Waals surface area contributed by atoms with Gasteiger partial charge in [0.1, 0.15) is 6.61 Å². The number of fused-ring (bicyclic) bond motifs is 3. The molecule has 158 valence electrons. The quantitative estimate of drug-likeness (QED) is 0.662. The lowest BCUT2D eigenvalue weighted by Gasteiger charge is -2.20. The molecule has 3 rings (SSSR count). The first-order valence-electron chi connectivity index (χ1n) is 10.1. The first kappa shape index (κ1) is 21.4. The van der Waals surface area contributed by atoms with Crippen LogP contribution in [-0.2, 0) is 14.3 Å². The molecule has 0 saturated carbocycles. The van der Waals surface area contributed by atoms with Crippen LogP contribution in [0.4, 0.5) is 4.79 Å². The molecule has 0 aromatic heterocycles. The number of hydrogen-bond donors (Lipinski definition) is 2. The van der Waals surface area contributed by atoms with Crippen LogP contribution in [0.1, 0.15) is 36.8 Å². The Kier molecular flexibility index (Phi) is 7.06. The van der Waals surface area contributed by atoms with Crippen LogP contribution in [0, 0.1) is 0 Å². The summed E-state index contributed by atoms with van der Waals surface area (Å²) >= 11 is 0. The van der Waals surface area contributed by atoms with E-state index in [-0.39, 0.29) is 44.4 Å². The molecule has 7 nitrogen and oxygen atoms in total. The zero-order chi connectivity index (χ0) is 21.5. The molecule has 2 aromatic carbocycles. The molecular formula is C23H26N2O5. The lowest BCUT2D eigenvalue weighted by molar-refractivity contribution is -0.138. The number of rotatable bonds is 9. The van der Waals surface area contributed by atoms with Gasteiger partial charge in [0.25, 0.3) is 0 Å². The summed E-state index contributed by atoms with van der Waals surface area (Å²) in [5.41, 5.74) is 4.60. The highest BCUT2D eigenvalue weighted by Gasteiger charge is 2.29. The molecule has 0 fully saturated rings. The van der Waals surface area contributed by atoms with Gasteiger partial charge in [-0.05, 0) is 29.2 Å². The number of nitrogens with one attached hydrogen (secondary N) is 1. The molecule has 0 saturated heterocycles. The number of alkyl carbamates (subject to hydrolysis) is 1. The Morgan fingerprint density at radius 3 is 2.17 bits per heavy atom. The highest BCUT2D eigenvalue weighted by atomic mass is 16.5. The topological polar surface area (TPSA) is 95.9 Å². The van der Waals surface area contributed by atoms with Crippen molar-refractivity contribution in [3.63, 3.8) is 0 Å². The normalized spacial score (nSPS) is 12.0. The molecule has 2 N–H and O–H groups in total. The van der Waals surface area contributed by atoms with Crippen LogP contribution in [0.2, 0.25) is 0 Å². The zero-order valence-electron chi connectivity index (χ0n) is 17.0. The van der Waals surface area contributed by atoms with Gasteiger partial charge in [-0.25, -0.2) is 4.79 Å². The molecule has 7 heteroatoms. The number of amides is 2. The van der Waals surface area contributed by atoms with E-state index in [2.05, 4.69) is 29.6 Å². The van der Waals surface area contributed by atoms with Gasteiger partial charge in [-0.15, -0.1) is 0 Å². The molecule has 0 heterocycles. The minimum absolute atomic E-state index is 0.0172. The Morgan fingerprint density at radius 2 is 1.60 bits per heavy atom. The van der Waals surface area contributed by atoms with Crippen molar-refractivity contribution in [1.82, 2.24) is 10.2 Å². The van der Waals surface area contributed by atoms with Crippen LogP contribution in [0.3, 0.4) is 0 Å². The van der Waals surface area contributed by atoms with Crippen LogP contribution in [0.5, 0.6) is 0 Å². The van der Waals surface area contributed by atoms with Crippen molar-refractivity contribution >= 4 is 18.0 Å². The predicted octanol–water partition coefficient (Wildman–Crippen LogP) is 3.24. The third-order valence-corrected chi connectivity index (χ3v) is 5.28. The van der Waals surface area contributed by atoms with Gasteiger partial charge in [0, 0.05) is 32.0 Å². The van der Waals surface area contributed by atoms with Crippen LogP contribution in [-0.4, -0.2) is 54.2 Å². The summed E-state index contributed by atoms with van der Waals surface area (Å²) in [7, 11) is 0. The maximum atomic E-state index is 12.2. The second-order valence-electron chi connectivity index (χ2n) is 7.12. The molecule has 0 unspecified atom stereocenters. The van der Waals surface area contributed by atoms with E-state index in [0.29, 0.717) is 6.54 Å². The first-order valence-corrected chi connectivity index (χ1v) is 10.1. The molecule has 0 radical (unpaired) electrons. The van der Waals surface area contributed by atoms with Crippen molar-refractivity contribution in [1.29, 1.82) is 0 Å². The van der Waals surface area contributed by atoms with Crippen molar-refractivity contribution < 1.29 is 24.2 Å². The Morgan fingerprint density at radius 1 is 1.00 bits per heavy atom. The standard InChI is InChI=1S/C23H26N2O5/c1-2-25(14-12-22(27)28)21(26)11-13-24-23(29)30-15-20-18-9-5-3-7-16(18)17-8-4-6-10-19(17)20/h3-10,20H,2,11-15H2,1H3,(H,24,29)(H,27,28). The molecule has 30 heavy (non-hydrogen) atoms.